The largest absolute Gasteiger partial charge is 0.507 e. The van der Waals surface area contributed by atoms with E-state index in [1.807, 2.05) is 13.8 Å². The van der Waals surface area contributed by atoms with Crippen LogP contribution in [0.1, 0.15) is 51.3 Å². The van der Waals surface area contributed by atoms with E-state index >= 15 is 0 Å². The first-order valence-electron chi connectivity index (χ1n) is 9.25. The Labute approximate surface area is 168 Å². The summed E-state index contributed by atoms with van der Waals surface area (Å²) in [6.07, 6.45) is 1.65. The first-order valence-corrected chi connectivity index (χ1v) is 9.25. The van der Waals surface area contributed by atoms with Crippen LogP contribution >= 0.6 is 0 Å². The molecule has 1 fully saturated rings. The van der Waals surface area contributed by atoms with Gasteiger partial charge in [0.1, 0.15) is 23.9 Å². The molecule has 0 saturated carbocycles. The van der Waals surface area contributed by atoms with Gasteiger partial charge in [0.05, 0.1) is 22.7 Å². The average Bonchev–Trinajstić information content (AvgIpc) is 3.00. The molecule has 7 nitrogen and oxygen atoms in total. The zero-order chi connectivity index (χ0) is 21.2. The normalized spacial score (nSPS) is 17.7. The van der Waals surface area contributed by atoms with Crippen LogP contribution in [0, 0.1) is 5.41 Å². The predicted molar refractivity (Wildman–Crippen MR) is 106 cm³/mol. The number of nitrogens with zero attached hydrogens (tertiary/aromatic N) is 1. The molecule has 152 valence electrons. The molecule has 0 radical (unpaired) electrons. The summed E-state index contributed by atoms with van der Waals surface area (Å²) in [5.41, 5.74) is -0.0284. The first-order chi connectivity index (χ1) is 13.8. The van der Waals surface area contributed by atoms with Crippen molar-refractivity contribution in [3.05, 3.63) is 53.1 Å². The number of aldehydes is 2. The molecule has 0 unspecified atom stereocenters. The fourth-order valence-corrected chi connectivity index (χ4v) is 3.77. The van der Waals surface area contributed by atoms with Gasteiger partial charge in [-0.1, -0.05) is 26.0 Å². The van der Waals surface area contributed by atoms with Crippen LogP contribution in [0.15, 0.2) is 36.4 Å². The average molecular weight is 397 g/mol. The van der Waals surface area contributed by atoms with Gasteiger partial charge in [-0.05, 0) is 36.1 Å². The van der Waals surface area contributed by atoms with Crippen LogP contribution in [0.4, 0.5) is 0 Å². The number of carbonyl (C=O) groups excluding carboxylic acids is 3. The van der Waals surface area contributed by atoms with Crippen molar-refractivity contribution in [2.45, 2.75) is 26.3 Å². The Morgan fingerprint density at radius 1 is 1.10 bits per heavy atom. The molecule has 2 N–H and O–H groups in total. The standard InChI is InChI=1S/C22H23NO6/c1-22(2)9-14(12-29-20-8-4-7-19(27)17(20)11-25)23(13-22)21(28)15-5-3-6-18(26)16(15)10-24/h3-8,10-11,14,26-27H,9,12-13H2,1-2H3/t14-/m0/s1. The van der Waals surface area contributed by atoms with Crippen molar-refractivity contribution in [1.29, 1.82) is 0 Å². The van der Waals surface area contributed by atoms with E-state index in [0.29, 0.717) is 25.5 Å². The molecule has 0 bridgehead atoms. The van der Waals surface area contributed by atoms with E-state index < -0.39 is 0 Å². The minimum absolute atomic E-state index is 0.0434. The van der Waals surface area contributed by atoms with Gasteiger partial charge < -0.3 is 19.8 Å². The first kappa shape index (κ1) is 20.4. The lowest BCUT2D eigenvalue weighted by atomic mass is 9.91. The van der Waals surface area contributed by atoms with E-state index in [-0.39, 0.29) is 57.9 Å². The molecule has 1 saturated heterocycles. The van der Waals surface area contributed by atoms with Crippen molar-refractivity contribution < 1.29 is 29.3 Å². The maximum atomic E-state index is 13.2. The number of phenols is 2. The number of benzene rings is 2. The smallest absolute Gasteiger partial charge is 0.255 e. The van der Waals surface area contributed by atoms with Crippen LogP contribution in [0.5, 0.6) is 17.2 Å². The van der Waals surface area contributed by atoms with E-state index in [4.69, 9.17) is 4.74 Å². The summed E-state index contributed by atoms with van der Waals surface area (Å²) in [6, 6.07) is 8.63. The third-order valence-corrected chi connectivity index (χ3v) is 5.11. The van der Waals surface area contributed by atoms with Crippen LogP contribution < -0.4 is 4.74 Å². The zero-order valence-electron chi connectivity index (χ0n) is 16.3. The van der Waals surface area contributed by atoms with Gasteiger partial charge in [-0.3, -0.25) is 14.4 Å². The minimum Gasteiger partial charge on any atom is -0.507 e. The van der Waals surface area contributed by atoms with Crippen molar-refractivity contribution in [3.8, 4) is 17.2 Å². The molecule has 2 aromatic carbocycles. The molecule has 1 aliphatic heterocycles. The van der Waals surface area contributed by atoms with Gasteiger partial charge in [-0.2, -0.15) is 0 Å². The van der Waals surface area contributed by atoms with Gasteiger partial charge in [0, 0.05) is 6.54 Å². The molecule has 29 heavy (non-hydrogen) atoms. The summed E-state index contributed by atoms with van der Waals surface area (Å²) in [5, 5.41) is 19.7. The Hall–Kier alpha value is -3.35. The summed E-state index contributed by atoms with van der Waals surface area (Å²) >= 11 is 0. The van der Waals surface area contributed by atoms with Crippen molar-refractivity contribution in [2.24, 2.45) is 5.41 Å². The highest BCUT2D eigenvalue weighted by atomic mass is 16.5. The Balaban J connectivity index is 1.86. The van der Waals surface area contributed by atoms with Gasteiger partial charge in [-0.15, -0.1) is 0 Å². The van der Waals surface area contributed by atoms with Crippen LogP contribution in [-0.2, 0) is 0 Å². The second-order valence-corrected chi connectivity index (χ2v) is 7.93. The van der Waals surface area contributed by atoms with Gasteiger partial charge >= 0.3 is 0 Å². The molecule has 1 atom stereocenters. The SMILES string of the molecule is CC1(C)C[C@@H](COc2cccc(O)c2C=O)N(C(=O)c2cccc(O)c2C=O)C1. The lowest BCUT2D eigenvalue weighted by Gasteiger charge is -2.26. The second-order valence-electron chi connectivity index (χ2n) is 7.93. The number of phenolic OH excluding ortho intramolecular Hbond substituents is 2. The van der Waals surface area contributed by atoms with Crippen LogP contribution in [0.25, 0.3) is 0 Å². The van der Waals surface area contributed by atoms with Crippen molar-refractivity contribution in [2.75, 3.05) is 13.2 Å². The van der Waals surface area contributed by atoms with Gasteiger partial charge in [0.25, 0.3) is 5.91 Å². The quantitative estimate of drug-likeness (QED) is 0.726. The summed E-state index contributed by atoms with van der Waals surface area (Å²) in [6.45, 7) is 4.63. The van der Waals surface area contributed by atoms with E-state index in [2.05, 4.69) is 0 Å². The maximum absolute atomic E-state index is 13.2. The lowest BCUT2D eigenvalue weighted by Crippen LogP contribution is -2.39. The molecule has 2 aromatic rings. The predicted octanol–water partition coefficient (Wildman–Crippen LogP) is 3.04. The highest BCUT2D eigenvalue weighted by Gasteiger charge is 2.41. The summed E-state index contributed by atoms with van der Waals surface area (Å²) in [4.78, 5) is 37.4. The molecule has 1 aliphatic rings. The summed E-state index contributed by atoms with van der Waals surface area (Å²) < 4.78 is 5.78. The number of likely N-dealkylation sites (tertiary alicyclic amines) is 1. The summed E-state index contributed by atoms with van der Waals surface area (Å²) in [7, 11) is 0. The number of amides is 1. The molecule has 0 spiro atoms. The molecule has 3 rings (SSSR count). The molecule has 0 aromatic heterocycles. The number of hydrogen-bond donors (Lipinski definition) is 2. The van der Waals surface area contributed by atoms with Crippen LogP contribution in [0.3, 0.4) is 0 Å². The van der Waals surface area contributed by atoms with E-state index in [0.717, 1.165) is 0 Å². The van der Waals surface area contributed by atoms with Gasteiger partial charge in [0.2, 0.25) is 0 Å². The number of rotatable bonds is 6. The fourth-order valence-electron chi connectivity index (χ4n) is 3.77. The van der Waals surface area contributed by atoms with Crippen LogP contribution in [-0.4, -0.2) is 52.8 Å². The number of hydrogen-bond acceptors (Lipinski definition) is 6. The van der Waals surface area contributed by atoms with Gasteiger partial charge in [-0.25, -0.2) is 0 Å². The Morgan fingerprint density at radius 3 is 2.38 bits per heavy atom. The maximum Gasteiger partial charge on any atom is 0.255 e. The molecular weight excluding hydrogens is 374 g/mol. The molecule has 1 heterocycles. The highest BCUT2D eigenvalue weighted by molar-refractivity contribution is 6.03. The molecule has 7 heteroatoms. The Kier molecular flexibility index (Phi) is 5.59. The molecular formula is C22H23NO6. The number of carbonyl (C=O) groups is 3. The monoisotopic (exact) mass is 397 g/mol. The van der Waals surface area contributed by atoms with Crippen molar-refractivity contribution >= 4 is 18.5 Å². The molecule has 1 amide bonds. The third-order valence-electron chi connectivity index (χ3n) is 5.11. The highest BCUT2D eigenvalue weighted by Crippen LogP contribution is 2.36. The zero-order valence-corrected chi connectivity index (χ0v) is 16.3. The minimum atomic E-state index is -0.367. The van der Waals surface area contributed by atoms with Crippen LogP contribution in [0.2, 0.25) is 0 Å². The van der Waals surface area contributed by atoms with E-state index in [9.17, 15) is 24.6 Å². The topological polar surface area (TPSA) is 104 Å². The third kappa shape index (κ3) is 4.08. The molecule has 0 aliphatic carbocycles. The number of aromatic hydroxyl groups is 2. The lowest BCUT2D eigenvalue weighted by molar-refractivity contribution is 0.0679. The summed E-state index contributed by atoms with van der Waals surface area (Å²) in [5.74, 6) is -0.545. The van der Waals surface area contributed by atoms with E-state index in [1.165, 1.54) is 24.3 Å². The van der Waals surface area contributed by atoms with Gasteiger partial charge in [0.15, 0.2) is 12.6 Å². The van der Waals surface area contributed by atoms with Crippen molar-refractivity contribution in [1.82, 2.24) is 4.90 Å². The Bertz CT molecular complexity index is 952. The van der Waals surface area contributed by atoms with E-state index in [1.54, 1.807) is 17.0 Å². The second kappa shape index (κ2) is 7.95. The Morgan fingerprint density at radius 2 is 1.72 bits per heavy atom. The number of ether oxygens (including phenoxy) is 1. The van der Waals surface area contributed by atoms with Crippen molar-refractivity contribution in [3.63, 3.8) is 0 Å². The fraction of sp³-hybridized carbons (Fsp3) is 0.318.